The number of carbonyl (C=O) groups excluding carboxylic acids is 2. The normalized spacial score (nSPS) is 49.9. The summed E-state index contributed by atoms with van der Waals surface area (Å²) in [7, 11) is 0. The van der Waals surface area contributed by atoms with E-state index in [1.807, 2.05) is 20.8 Å². The number of hydrogen-bond acceptors (Lipinski definition) is 23. The highest BCUT2D eigenvalue weighted by Crippen LogP contribution is 2.76. The third-order valence-electron chi connectivity index (χ3n) is 21.4. The van der Waals surface area contributed by atoms with Crippen LogP contribution in [0.5, 0.6) is 0 Å². The molecule has 80 heavy (non-hydrogen) atoms. The molecule has 456 valence electrons. The molecule has 3 heterocycles. The third-order valence-corrected chi connectivity index (χ3v) is 21.4. The fraction of sp³-hybridized carbons (Fsp3) is 0.875. The Morgan fingerprint density at radius 3 is 1.71 bits per heavy atom. The minimum absolute atomic E-state index is 0.0866. The number of ether oxygens (including phenoxy) is 8. The Morgan fingerprint density at radius 1 is 0.625 bits per heavy atom. The maximum atomic E-state index is 13.6. The molecule has 5 aliphatic carbocycles. The molecule has 0 spiro atoms. The van der Waals surface area contributed by atoms with E-state index in [0.29, 0.717) is 37.7 Å². The van der Waals surface area contributed by atoms with Gasteiger partial charge in [-0.3, -0.25) is 4.79 Å². The van der Waals surface area contributed by atoms with Crippen LogP contribution in [-0.4, -0.2) is 227 Å². The Labute approximate surface area is 465 Å². The van der Waals surface area contributed by atoms with E-state index in [1.54, 1.807) is 20.8 Å². The third kappa shape index (κ3) is 10.0. The van der Waals surface area contributed by atoms with Crippen molar-refractivity contribution in [3.05, 3.63) is 22.8 Å². The number of carboxylic acids is 1. The van der Waals surface area contributed by atoms with Gasteiger partial charge in [0, 0.05) is 23.3 Å². The topological polar surface area (TPSA) is 388 Å². The molecule has 0 bridgehead atoms. The Balaban J connectivity index is 1.12. The fourth-order valence-electron chi connectivity index (χ4n) is 16.3. The van der Waals surface area contributed by atoms with Crippen molar-refractivity contribution < 1.29 is 119 Å². The fourth-order valence-corrected chi connectivity index (χ4v) is 16.3. The lowest BCUT2D eigenvalue weighted by Gasteiger charge is -2.72. The smallest absolute Gasteiger partial charge is 0.335 e. The van der Waals surface area contributed by atoms with Gasteiger partial charge >= 0.3 is 17.9 Å². The number of aliphatic hydroxyl groups is 12. The number of esters is 2. The summed E-state index contributed by atoms with van der Waals surface area (Å²) in [4.78, 5) is 39.8. The zero-order valence-electron chi connectivity index (χ0n) is 47.4. The quantitative estimate of drug-likeness (QED) is 0.0432. The molecule has 24 nitrogen and oxygen atoms in total. The van der Waals surface area contributed by atoms with Crippen LogP contribution in [-0.2, 0) is 52.3 Å². The molecule has 3 aliphatic heterocycles. The number of aliphatic carboxylic acids is 1. The van der Waals surface area contributed by atoms with E-state index in [1.165, 1.54) is 6.92 Å². The van der Waals surface area contributed by atoms with Gasteiger partial charge in [-0.2, -0.15) is 0 Å². The highest BCUT2D eigenvalue weighted by atomic mass is 16.8. The number of carboxylic acid groups (broad SMARTS) is 1. The van der Waals surface area contributed by atoms with Gasteiger partial charge in [0.1, 0.15) is 79.4 Å². The molecule has 4 saturated carbocycles. The van der Waals surface area contributed by atoms with Crippen LogP contribution in [0.3, 0.4) is 0 Å². The molecular formula is C56H88O24. The van der Waals surface area contributed by atoms with Gasteiger partial charge in [-0.25, -0.2) is 9.59 Å². The number of carbonyl (C=O) groups is 3. The number of hydrogen-bond donors (Lipinski definition) is 13. The molecule has 3 saturated heterocycles. The highest BCUT2D eigenvalue weighted by molar-refractivity contribution is 5.88. The minimum atomic E-state index is -2.18. The van der Waals surface area contributed by atoms with Crippen LogP contribution < -0.4 is 0 Å². The lowest BCUT2D eigenvalue weighted by Crippen LogP contribution is -2.72. The van der Waals surface area contributed by atoms with Crippen LogP contribution >= 0.6 is 0 Å². The second kappa shape index (κ2) is 22.9. The monoisotopic (exact) mass is 1140 g/mol. The van der Waals surface area contributed by atoms with E-state index in [9.17, 15) is 80.8 Å². The predicted molar refractivity (Wildman–Crippen MR) is 274 cm³/mol. The molecule has 6 unspecified atom stereocenters. The second-order valence-corrected chi connectivity index (χ2v) is 26.2. The molecule has 8 aliphatic rings. The van der Waals surface area contributed by atoms with E-state index in [0.717, 1.165) is 11.1 Å². The van der Waals surface area contributed by atoms with Crippen molar-refractivity contribution in [3.63, 3.8) is 0 Å². The Bertz CT molecular complexity index is 2340. The van der Waals surface area contributed by atoms with Gasteiger partial charge in [0.25, 0.3) is 0 Å². The first kappa shape index (κ1) is 63.2. The standard InChI is InChI=1S/C56H88O24/c1-23(2)24(3)47(72)80-44-45(73-25(4)61)56(22-60)27(17-51(44,5)6)26-11-12-31-52(7)15-14-33(53(8,21-59)30(52)13-16-54(31,9)55(26,10)18-32(56)62)76-50-42(78-49-39(68)37(66)35(64)29(20-58)75-49)40(69)41(43(79-50)46(70)71)77-48-38(67)36(65)34(63)28(19-57)74-48/h11,27-45,48-50,57-60,62-69H,12-22H2,1-10H3,(H,70,71)/t27?,28-,29-,30-,31-,32-,33?,34-,35-,36+,37+,38-,39-,40+,41+,42-,43+,44?,45+,48+,49+,50-,52?,53-,54?,55-,56?/m1/s1. The SMILES string of the molecule is CC(=O)O[C@H]1C(OC(=O)C(C)=C(C)C)C(C)(C)CC2C3=CC[C@@H]4C5(C)CCC(O[C@@H]6O[C@H](C(=O)O)[C@@H](O[C@@H]7O[C@H](CO)[C@@H](O)[C@H](O)[C@H]7O)[C@H](O)[C@H]6O[C@@H]6O[C@H](CO)[C@@H](O)[C@H](O)[C@H]6O)[C@](C)(CO)[C@@H]5CCC4(C)[C@]3(C)C[C@@H](O)C21CO. The van der Waals surface area contributed by atoms with Crippen LogP contribution in [0.25, 0.3) is 0 Å². The van der Waals surface area contributed by atoms with Gasteiger partial charge in [0.2, 0.25) is 0 Å². The van der Waals surface area contributed by atoms with Crippen LogP contribution in [0.15, 0.2) is 22.8 Å². The lowest BCUT2D eigenvalue weighted by atomic mass is 9.33. The van der Waals surface area contributed by atoms with Crippen LogP contribution in [0.1, 0.15) is 114 Å². The van der Waals surface area contributed by atoms with E-state index in [-0.39, 0.29) is 24.7 Å². The summed E-state index contributed by atoms with van der Waals surface area (Å²) in [5.74, 6) is -3.87. The van der Waals surface area contributed by atoms with Crippen LogP contribution in [0.4, 0.5) is 0 Å². The largest absolute Gasteiger partial charge is 0.479 e. The molecule has 27 atom stereocenters. The zero-order valence-corrected chi connectivity index (χ0v) is 47.4. The van der Waals surface area contributed by atoms with Gasteiger partial charge in [0.15, 0.2) is 25.0 Å². The average Bonchev–Trinajstić information content (AvgIpc) is 3.22. The highest BCUT2D eigenvalue weighted by Gasteiger charge is 2.74. The molecule has 8 rings (SSSR count). The van der Waals surface area contributed by atoms with Gasteiger partial charge in [0.05, 0.1) is 44.1 Å². The van der Waals surface area contributed by atoms with E-state index >= 15 is 0 Å². The van der Waals surface area contributed by atoms with E-state index in [2.05, 4.69) is 26.8 Å². The molecule has 0 radical (unpaired) electrons. The molecule has 7 fully saturated rings. The number of aliphatic hydroxyl groups excluding tert-OH is 12. The first-order valence-electron chi connectivity index (χ1n) is 28.1. The average molecular weight is 1150 g/mol. The number of allylic oxidation sites excluding steroid dienone is 3. The van der Waals surface area contributed by atoms with E-state index < -0.39 is 199 Å². The second-order valence-electron chi connectivity index (χ2n) is 26.2. The van der Waals surface area contributed by atoms with Gasteiger partial charge < -0.3 is 104 Å². The number of rotatable bonds is 14. The zero-order chi connectivity index (χ0) is 59.3. The molecule has 13 N–H and O–H groups in total. The number of fused-ring (bicyclic) bond motifs is 7. The predicted octanol–water partition coefficient (Wildman–Crippen LogP) is -0.931. The first-order chi connectivity index (χ1) is 37.3. The van der Waals surface area contributed by atoms with E-state index in [4.69, 9.17) is 37.9 Å². The van der Waals surface area contributed by atoms with Crippen molar-refractivity contribution >= 4 is 17.9 Å². The minimum Gasteiger partial charge on any atom is -0.479 e. The van der Waals surface area contributed by atoms with Crippen molar-refractivity contribution in [2.24, 2.45) is 50.2 Å². The molecular weight excluding hydrogens is 1060 g/mol. The van der Waals surface area contributed by atoms with Crippen molar-refractivity contribution in [2.45, 2.75) is 231 Å². The molecule has 0 aromatic rings. The summed E-state index contributed by atoms with van der Waals surface area (Å²) < 4.78 is 48.3. The van der Waals surface area contributed by atoms with Crippen molar-refractivity contribution in [1.82, 2.24) is 0 Å². The summed E-state index contributed by atoms with van der Waals surface area (Å²) in [6, 6.07) is 0. The van der Waals surface area contributed by atoms with Crippen molar-refractivity contribution in [3.8, 4) is 0 Å². The van der Waals surface area contributed by atoms with Gasteiger partial charge in [-0.05, 0) is 99.7 Å². The van der Waals surface area contributed by atoms with Crippen LogP contribution in [0.2, 0.25) is 0 Å². The summed E-state index contributed by atoms with van der Waals surface area (Å²) in [6.45, 7) is 16.0. The van der Waals surface area contributed by atoms with Crippen LogP contribution in [0, 0.1) is 50.2 Å². The Kier molecular flexibility index (Phi) is 18.1. The summed E-state index contributed by atoms with van der Waals surface area (Å²) in [6.07, 6.45) is -28.1. The summed E-state index contributed by atoms with van der Waals surface area (Å²) >= 11 is 0. The molecule has 0 aromatic carbocycles. The van der Waals surface area contributed by atoms with Gasteiger partial charge in [-0.15, -0.1) is 0 Å². The summed E-state index contributed by atoms with van der Waals surface area (Å²) in [5, 5.41) is 143. The van der Waals surface area contributed by atoms with Crippen molar-refractivity contribution in [2.75, 3.05) is 26.4 Å². The summed E-state index contributed by atoms with van der Waals surface area (Å²) in [5.41, 5.74) is -3.01. The Morgan fingerprint density at radius 2 is 1.20 bits per heavy atom. The maximum Gasteiger partial charge on any atom is 0.335 e. The lowest BCUT2D eigenvalue weighted by molar-refractivity contribution is -0.392. The van der Waals surface area contributed by atoms with Gasteiger partial charge in [-0.1, -0.05) is 58.8 Å². The molecule has 24 heteroatoms. The molecule has 0 aromatic heterocycles. The van der Waals surface area contributed by atoms with Crippen molar-refractivity contribution in [1.29, 1.82) is 0 Å². The Hall–Kier alpha value is -2.83. The first-order valence-corrected chi connectivity index (χ1v) is 28.1. The molecule has 0 amide bonds. The maximum absolute atomic E-state index is 13.6.